The summed E-state index contributed by atoms with van der Waals surface area (Å²) in [5, 5.41) is 5.80. The molecule has 1 aliphatic rings. The summed E-state index contributed by atoms with van der Waals surface area (Å²) in [6, 6.07) is 0.426. The van der Waals surface area contributed by atoms with Crippen LogP contribution in [0, 0.1) is 0 Å². The predicted octanol–water partition coefficient (Wildman–Crippen LogP) is -0.404. The molecule has 1 amide bonds. The van der Waals surface area contributed by atoms with Crippen molar-refractivity contribution < 1.29 is 9.53 Å². The number of amides is 1. The molecule has 6 heteroatoms. The van der Waals surface area contributed by atoms with Crippen LogP contribution < -0.4 is 16.4 Å². The summed E-state index contributed by atoms with van der Waals surface area (Å²) in [6.07, 6.45) is 4.75. The Morgan fingerprint density at radius 1 is 1.47 bits per heavy atom. The molecule has 0 aromatic carbocycles. The molecule has 0 unspecified atom stereocenters. The summed E-state index contributed by atoms with van der Waals surface area (Å²) in [5.41, 5.74) is 5.69. The van der Waals surface area contributed by atoms with Gasteiger partial charge in [0.25, 0.3) is 0 Å². The Bertz CT molecular complexity index is 262. The van der Waals surface area contributed by atoms with E-state index in [-0.39, 0.29) is 12.5 Å². The normalized spacial score (nSPS) is 17.1. The molecular formula is C11H22N4O2. The predicted molar refractivity (Wildman–Crippen MR) is 66.8 cm³/mol. The van der Waals surface area contributed by atoms with Crippen molar-refractivity contribution in [1.29, 1.82) is 0 Å². The lowest BCUT2D eigenvalue weighted by atomic mass is 10.2. The van der Waals surface area contributed by atoms with Crippen molar-refractivity contribution >= 4 is 11.9 Å². The van der Waals surface area contributed by atoms with Crippen LogP contribution in [0.2, 0.25) is 0 Å². The number of carbonyl (C=O) groups is 1. The van der Waals surface area contributed by atoms with Gasteiger partial charge < -0.3 is 21.1 Å². The van der Waals surface area contributed by atoms with E-state index in [0.717, 1.165) is 12.8 Å². The van der Waals surface area contributed by atoms with Crippen LogP contribution in [0.1, 0.15) is 25.7 Å². The number of aliphatic imine (C=N–C) groups is 1. The molecule has 0 spiro atoms. The third-order valence-electron chi connectivity index (χ3n) is 2.73. The Hall–Kier alpha value is -1.30. The summed E-state index contributed by atoms with van der Waals surface area (Å²) in [4.78, 5) is 15.3. The number of nitrogens with zero attached hydrogens (tertiary/aromatic N) is 1. The van der Waals surface area contributed by atoms with E-state index < -0.39 is 0 Å². The Morgan fingerprint density at radius 3 is 2.82 bits per heavy atom. The van der Waals surface area contributed by atoms with Crippen LogP contribution in [-0.2, 0) is 9.53 Å². The minimum atomic E-state index is -0.141. The largest absolute Gasteiger partial charge is 0.383 e. The average molecular weight is 242 g/mol. The minimum absolute atomic E-state index is 0.0647. The van der Waals surface area contributed by atoms with Crippen molar-refractivity contribution in [2.45, 2.75) is 31.7 Å². The van der Waals surface area contributed by atoms with Gasteiger partial charge in [-0.05, 0) is 12.8 Å². The van der Waals surface area contributed by atoms with E-state index in [1.54, 1.807) is 7.11 Å². The highest BCUT2D eigenvalue weighted by Gasteiger charge is 2.14. The van der Waals surface area contributed by atoms with Crippen LogP contribution in [-0.4, -0.2) is 44.7 Å². The molecule has 0 aliphatic heterocycles. The van der Waals surface area contributed by atoms with Gasteiger partial charge in [0.2, 0.25) is 5.91 Å². The SMILES string of the molecule is COCCNC(=O)CN=C(N)NC1CCCC1. The highest BCUT2D eigenvalue weighted by atomic mass is 16.5. The molecule has 1 saturated carbocycles. The molecule has 0 bridgehead atoms. The van der Waals surface area contributed by atoms with E-state index in [1.807, 2.05) is 0 Å². The van der Waals surface area contributed by atoms with Crippen LogP contribution in [0.25, 0.3) is 0 Å². The summed E-state index contributed by atoms with van der Waals surface area (Å²) >= 11 is 0. The van der Waals surface area contributed by atoms with Crippen molar-refractivity contribution in [3.05, 3.63) is 0 Å². The van der Waals surface area contributed by atoms with Crippen molar-refractivity contribution in [2.75, 3.05) is 26.8 Å². The second-order valence-electron chi connectivity index (χ2n) is 4.17. The van der Waals surface area contributed by atoms with Gasteiger partial charge >= 0.3 is 0 Å². The maximum Gasteiger partial charge on any atom is 0.241 e. The zero-order valence-corrected chi connectivity index (χ0v) is 10.4. The lowest BCUT2D eigenvalue weighted by molar-refractivity contribution is -0.119. The molecule has 6 nitrogen and oxygen atoms in total. The van der Waals surface area contributed by atoms with Gasteiger partial charge in [-0.15, -0.1) is 0 Å². The lowest BCUT2D eigenvalue weighted by Crippen LogP contribution is -2.39. The molecule has 1 fully saturated rings. The van der Waals surface area contributed by atoms with Crippen LogP contribution in [0.5, 0.6) is 0 Å². The van der Waals surface area contributed by atoms with Crippen LogP contribution in [0.3, 0.4) is 0 Å². The van der Waals surface area contributed by atoms with Gasteiger partial charge in [-0.3, -0.25) is 4.79 Å². The van der Waals surface area contributed by atoms with Gasteiger partial charge in [-0.25, -0.2) is 4.99 Å². The van der Waals surface area contributed by atoms with Gasteiger partial charge in [0.05, 0.1) is 6.61 Å². The van der Waals surface area contributed by atoms with E-state index in [9.17, 15) is 4.79 Å². The third kappa shape index (κ3) is 6.11. The summed E-state index contributed by atoms with van der Waals surface area (Å²) in [6.45, 7) is 1.07. The van der Waals surface area contributed by atoms with Crippen molar-refractivity contribution in [3.8, 4) is 0 Å². The highest BCUT2D eigenvalue weighted by molar-refractivity contribution is 5.84. The molecule has 0 saturated heterocycles. The second kappa shape index (κ2) is 7.89. The van der Waals surface area contributed by atoms with Gasteiger partial charge in [0.1, 0.15) is 6.54 Å². The first-order chi connectivity index (χ1) is 8.22. The first kappa shape index (κ1) is 13.8. The Morgan fingerprint density at radius 2 is 2.18 bits per heavy atom. The molecule has 0 atom stereocenters. The summed E-state index contributed by atoms with van der Waals surface area (Å²) < 4.78 is 4.82. The minimum Gasteiger partial charge on any atom is -0.383 e. The number of methoxy groups -OCH3 is 1. The number of nitrogens with two attached hydrogens (primary N) is 1. The van der Waals surface area contributed by atoms with Gasteiger partial charge in [-0.1, -0.05) is 12.8 Å². The zero-order chi connectivity index (χ0) is 12.5. The number of rotatable bonds is 6. The monoisotopic (exact) mass is 242 g/mol. The van der Waals surface area contributed by atoms with Crippen LogP contribution in [0.15, 0.2) is 4.99 Å². The molecule has 17 heavy (non-hydrogen) atoms. The smallest absolute Gasteiger partial charge is 0.241 e. The maximum atomic E-state index is 11.3. The molecule has 0 heterocycles. The Balaban J connectivity index is 2.15. The summed E-state index contributed by atoms with van der Waals surface area (Å²) in [5.74, 6) is 0.219. The van der Waals surface area contributed by atoms with E-state index in [2.05, 4.69) is 15.6 Å². The fourth-order valence-corrected chi connectivity index (χ4v) is 1.83. The van der Waals surface area contributed by atoms with Crippen molar-refractivity contribution in [2.24, 2.45) is 10.7 Å². The number of hydrogen-bond donors (Lipinski definition) is 3. The average Bonchev–Trinajstić information content (AvgIpc) is 2.79. The first-order valence-corrected chi connectivity index (χ1v) is 6.04. The van der Waals surface area contributed by atoms with E-state index >= 15 is 0 Å². The fraction of sp³-hybridized carbons (Fsp3) is 0.818. The molecule has 98 valence electrons. The third-order valence-corrected chi connectivity index (χ3v) is 2.73. The number of nitrogens with one attached hydrogen (secondary N) is 2. The van der Waals surface area contributed by atoms with Gasteiger partial charge in [0.15, 0.2) is 5.96 Å². The number of carbonyl (C=O) groups excluding carboxylic acids is 1. The van der Waals surface area contributed by atoms with Crippen molar-refractivity contribution in [3.63, 3.8) is 0 Å². The summed E-state index contributed by atoms with van der Waals surface area (Å²) in [7, 11) is 1.59. The van der Waals surface area contributed by atoms with Gasteiger partial charge in [-0.2, -0.15) is 0 Å². The van der Waals surface area contributed by atoms with Crippen molar-refractivity contribution in [1.82, 2.24) is 10.6 Å². The standard InChI is InChI=1S/C11H22N4O2/c1-17-7-6-13-10(16)8-14-11(12)15-9-4-2-3-5-9/h9H,2-8H2,1H3,(H,13,16)(H3,12,14,15). The number of guanidine groups is 1. The maximum absolute atomic E-state index is 11.3. The molecule has 0 aromatic rings. The topological polar surface area (TPSA) is 88.7 Å². The van der Waals surface area contributed by atoms with Gasteiger partial charge in [0, 0.05) is 19.7 Å². The second-order valence-corrected chi connectivity index (χ2v) is 4.17. The highest BCUT2D eigenvalue weighted by Crippen LogP contribution is 2.17. The van der Waals surface area contributed by atoms with E-state index in [4.69, 9.17) is 10.5 Å². The van der Waals surface area contributed by atoms with Crippen LogP contribution in [0.4, 0.5) is 0 Å². The molecule has 1 aliphatic carbocycles. The van der Waals surface area contributed by atoms with Crippen LogP contribution >= 0.6 is 0 Å². The Kier molecular flexibility index (Phi) is 6.39. The molecule has 4 N–H and O–H groups in total. The molecule has 0 aromatic heterocycles. The lowest BCUT2D eigenvalue weighted by Gasteiger charge is -2.12. The van der Waals surface area contributed by atoms with E-state index in [0.29, 0.717) is 25.2 Å². The van der Waals surface area contributed by atoms with E-state index in [1.165, 1.54) is 12.8 Å². The molecular weight excluding hydrogens is 220 g/mol. The zero-order valence-electron chi connectivity index (χ0n) is 10.4. The Labute approximate surface area is 102 Å². The molecule has 1 rings (SSSR count). The number of hydrogen-bond acceptors (Lipinski definition) is 3. The fourth-order valence-electron chi connectivity index (χ4n) is 1.83. The number of ether oxygens (including phenoxy) is 1. The molecule has 0 radical (unpaired) electrons. The quantitative estimate of drug-likeness (QED) is 0.336. The first-order valence-electron chi connectivity index (χ1n) is 6.04.